The highest BCUT2D eigenvalue weighted by molar-refractivity contribution is 7.10. The van der Waals surface area contributed by atoms with Crippen molar-refractivity contribution < 1.29 is 4.79 Å². The Morgan fingerprint density at radius 3 is 2.79 bits per heavy atom. The fourth-order valence-corrected chi connectivity index (χ4v) is 3.78. The minimum atomic E-state index is -0.0000926. The summed E-state index contributed by atoms with van der Waals surface area (Å²) in [6, 6.07) is 4.65. The van der Waals surface area contributed by atoms with Gasteiger partial charge >= 0.3 is 0 Å². The summed E-state index contributed by atoms with van der Waals surface area (Å²) < 4.78 is 0. The number of hydrogen-bond acceptors (Lipinski definition) is 3. The maximum Gasteiger partial charge on any atom is 0.241 e. The number of carbonyl (C=O) groups is 1. The van der Waals surface area contributed by atoms with Gasteiger partial charge in [0.05, 0.1) is 6.04 Å². The van der Waals surface area contributed by atoms with E-state index in [1.165, 1.54) is 4.88 Å². The van der Waals surface area contributed by atoms with Crippen LogP contribution in [0.15, 0.2) is 17.5 Å². The summed E-state index contributed by atoms with van der Waals surface area (Å²) in [5, 5.41) is 5.64. The number of thiophene rings is 1. The van der Waals surface area contributed by atoms with Gasteiger partial charge in [0.2, 0.25) is 5.91 Å². The predicted octanol–water partition coefficient (Wildman–Crippen LogP) is 3.00. The Labute approximate surface area is 119 Å². The van der Waals surface area contributed by atoms with Crippen molar-refractivity contribution in [3.8, 4) is 0 Å². The number of amides is 1. The first-order valence-electron chi connectivity index (χ1n) is 7.19. The first-order chi connectivity index (χ1) is 9.08. The molecular formula is C15H22N2OS. The molecule has 1 aliphatic heterocycles. The van der Waals surface area contributed by atoms with Crippen molar-refractivity contribution in [2.24, 2.45) is 11.8 Å². The van der Waals surface area contributed by atoms with Crippen LogP contribution in [0.3, 0.4) is 0 Å². The van der Waals surface area contributed by atoms with Crippen molar-refractivity contribution in [2.45, 2.75) is 51.9 Å². The van der Waals surface area contributed by atoms with Gasteiger partial charge < -0.3 is 4.90 Å². The molecule has 0 aromatic carbocycles. The van der Waals surface area contributed by atoms with Crippen molar-refractivity contribution in [3.63, 3.8) is 0 Å². The Bertz CT molecular complexity index is 457. The molecule has 104 valence electrons. The molecule has 0 spiro atoms. The zero-order chi connectivity index (χ0) is 13.6. The zero-order valence-corrected chi connectivity index (χ0v) is 12.6. The minimum absolute atomic E-state index is 0.0000926. The van der Waals surface area contributed by atoms with Gasteiger partial charge in [-0.2, -0.15) is 0 Å². The molecule has 2 aliphatic rings. The van der Waals surface area contributed by atoms with Crippen LogP contribution < -0.4 is 5.32 Å². The van der Waals surface area contributed by atoms with E-state index in [4.69, 9.17) is 0 Å². The van der Waals surface area contributed by atoms with E-state index in [1.807, 2.05) is 0 Å². The van der Waals surface area contributed by atoms with Gasteiger partial charge in [0.1, 0.15) is 6.17 Å². The van der Waals surface area contributed by atoms with Crippen LogP contribution in [0.5, 0.6) is 0 Å². The summed E-state index contributed by atoms with van der Waals surface area (Å²) in [6.07, 6.45) is 2.19. The molecule has 19 heavy (non-hydrogen) atoms. The number of carbonyl (C=O) groups excluding carboxylic acids is 1. The summed E-state index contributed by atoms with van der Waals surface area (Å²) in [5.41, 5.74) is 0. The lowest BCUT2D eigenvalue weighted by Gasteiger charge is -2.23. The molecule has 1 amide bonds. The summed E-state index contributed by atoms with van der Waals surface area (Å²) in [5.74, 6) is 1.51. The normalized spacial score (nSPS) is 34.3. The summed E-state index contributed by atoms with van der Waals surface area (Å²) >= 11 is 1.74. The van der Waals surface area contributed by atoms with E-state index < -0.39 is 0 Å². The van der Waals surface area contributed by atoms with Gasteiger partial charge in [0.25, 0.3) is 0 Å². The van der Waals surface area contributed by atoms with Crippen LogP contribution >= 0.6 is 11.3 Å². The number of nitrogens with one attached hydrogen (secondary N) is 1. The summed E-state index contributed by atoms with van der Waals surface area (Å²) in [7, 11) is 0. The number of hydrogen-bond donors (Lipinski definition) is 1. The van der Waals surface area contributed by atoms with E-state index in [2.05, 4.69) is 48.5 Å². The maximum absolute atomic E-state index is 12.6. The molecule has 4 atom stereocenters. The average Bonchev–Trinajstić information content (AvgIpc) is 2.81. The number of rotatable bonds is 4. The van der Waals surface area contributed by atoms with Crippen molar-refractivity contribution in [1.82, 2.24) is 10.2 Å². The van der Waals surface area contributed by atoms with Gasteiger partial charge in [-0.15, -0.1) is 11.3 Å². The van der Waals surface area contributed by atoms with E-state index in [-0.39, 0.29) is 12.2 Å². The van der Waals surface area contributed by atoms with Gasteiger partial charge in [0, 0.05) is 10.9 Å². The molecule has 1 aliphatic carbocycles. The highest BCUT2D eigenvalue weighted by Crippen LogP contribution is 2.43. The van der Waals surface area contributed by atoms with Gasteiger partial charge in [-0.1, -0.05) is 26.8 Å². The van der Waals surface area contributed by atoms with Gasteiger partial charge in [-0.25, -0.2) is 0 Å². The zero-order valence-electron chi connectivity index (χ0n) is 11.8. The van der Waals surface area contributed by atoms with Crippen LogP contribution in [0.4, 0.5) is 0 Å². The molecule has 1 aromatic heterocycles. The lowest BCUT2D eigenvalue weighted by Crippen LogP contribution is -2.34. The van der Waals surface area contributed by atoms with Gasteiger partial charge in [-0.05, 0) is 36.1 Å². The molecule has 2 heterocycles. The maximum atomic E-state index is 12.6. The lowest BCUT2D eigenvalue weighted by atomic mass is 10.0. The Morgan fingerprint density at radius 2 is 2.26 bits per heavy atom. The summed E-state index contributed by atoms with van der Waals surface area (Å²) in [4.78, 5) is 16.0. The van der Waals surface area contributed by atoms with Crippen molar-refractivity contribution >= 4 is 17.2 Å². The largest absolute Gasteiger partial charge is 0.317 e. The predicted molar refractivity (Wildman–Crippen MR) is 77.9 cm³/mol. The SMILES string of the molecule is CC(C)CC1NC(c2cccs2)N(C2CC2C)C1=O. The molecule has 3 rings (SSSR count). The van der Waals surface area contributed by atoms with E-state index in [0.717, 1.165) is 12.8 Å². The van der Waals surface area contributed by atoms with Crippen molar-refractivity contribution in [1.29, 1.82) is 0 Å². The molecule has 1 N–H and O–H groups in total. The van der Waals surface area contributed by atoms with E-state index in [9.17, 15) is 4.79 Å². The van der Waals surface area contributed by atoms with E-state index in [1.54, 1.807) is 11.3 Å². The second-order valence-corrected chi connectivity index (χ2v) is 7.27. The van der Waals surface area contributed by atoms with Crippen LogP contribution in [0, 0.1) is 11.8 Å². The van der Waals surface area contributed by atoms with Crippen molar-refractivity contribution in [3.05, 3.63) is 22.4 Å². The molecule has 2 fully saturated rings. The van der Waals surface area contributed by atoms with Crippen LogP contribution in [-0.4, -0.2) is 22.9 Å². The van der Waals surface area contributed by atoms with Gasteiger partial charge in [-0.3, -0.25) is 10.1 Å². The Morgan fingerprint density at radius 1 is 1.53 bits per heavy atom. The minimum Gasteiger partial charge on any atom is -0.317 e. The third kappa shape index (κ3) is 2.43. The van der Waals surface area contributed by atoms with Crippen LogP contribution in [0.1, 0.15) is 44.7 Å². The van der Waals surface area contributed by atoms with Crippen LogP contribution in [0.2, 0.25) is 0 Å². The molecule has 1 saturated carbocycles. The Hall–Kier alpha value is -0.870. The first-order valence-corrected chi connectivity index (χ1v) is 8.07. The third-order valence-corrected chi connectivity index (χ3v) is 5.06. The monoisotopic (exact) mass is 278 g/mol. The fraction of sp³-hybridized carbons (Fsp3) is 0.667. The Kier molecular flexibility index (Phi) is 3.39. The highest BCUT2D eigenvalue weighted by atomic mass is 32.1. The van der Waals surface area contributed by atoms with Crippen LogP contribution in [0.25, 0.3) is 0 Å². The standard InChI is InChI=1S/C15H22N2OS/c1-9(2)7-11-15(18)17(12-8-10(12)3)14(16-11)13-5-4-6-19-13/h4-6,9-12,14,16H,7-8H2,1-3H3. The topological polar surface area (TPSA) is 32.3 Å². The van der Waals surface area contributed by atoms with Crippen molar-refractivity contribution in [2.75, 3.05) is 0 Å². The molecular weight excluding hydrogens is 256 g/mol. The Balaban J connectivity index is 1.83. The molecule has 0 radical (unpaired) electrons. The first kappa shape index (κ1) is 13.1. The van der Waals surface area contributed by atoms with Crippen LogP contribution in [-0.2, 0) is 4.79 Å². The number of nitrogens with zero attached hydrogens (tertiary/aromatic N) is 1. The van der Waals surface area contributed by atoms with Gasteiger partial charge in [0.15, 0.2) is 0 Å². The molecule has 1 saturated heterocycles. The molecule has 0 bridgehead atoms. The fourth-order valence-electron chi connectivity index (χ4n) is 3.00. The molecule has 3 nitrogen and oxygen atoms in total. The molecule has 4 heteroatoms. The molecule has 4 unspecified atom stereocenters. The second kappa shape index (κ2) is 4.91. The van der Waals surface area contributed by atoms with E-state index in [0.29, 0.717) is 23.8 Å². The quantitative estimate of drug-likeness (QED) is 0.918. The smallest absolute Gasteiger partial charge is 0.241 e. The lowest BCUT2D eigenvalue weighted by molar-refractivity contribution is -0.131. The second-order valence-electron chi connectivity index (χ2n) is 6.29. The summed E-state index contributed by atoms with van der Waals surface area (Å²) in [6.45, 7) is 6.59. The highest BCUT2D eigenvalue weighted by Gasteiger charge is 2.50. The third-order valence-electron chi connectivity index (χ3n) is 4.13. The van der Waals surface area contributed by atoms with E-state index >= 15 is 0 Å². The average molecular weight is 278 g/mol. The molecule has 1 aromatic rings.